The molecule has 0 spiro atoms. The fraction of sp³-hybridized carbons (Fsp3) is 0.400. The van der Waals surface area contributed by atoms with E-state index in [1.54, 1.807) is 0 Å². The Hall–Kier alpha value is -1.33. The van der Waals surface area contributed by atoms with Crippen LogP contribution in [-0.2, 0) is 0 Å². The number of nitrogens with zero attached hydrogens (tertiary/aromatic N) is 1. The second-order valence-electron chi connectivity index (χ2n) is 3.65. The molecule has 0 bridgehead atoms. The average Bonchev–Trinajstić information content (AvgIpc) is 2.71. The van der Waals surface area contributed by atoms with E-state index in [0.29, 0.717) is 5.56 Å². The van der Waals surface area contributed by atoms with Gasteiger partial charge >= 0.3 is 0 Å². The molecule has 0 amide bonds. The number of phenols is 1. The Morgan fingerprint density at radius 1 is 1.50 bits per heavy atom. The van der Waals surface area contributed by atoms with Crippen LogP contribution in [0.3, 0.4) is 0 Å². The van der Waals surface area contributed by atoms with Crippen molar-refractivity contribution in [2.24, 2.45) is 0 Å². The van der Waals surface area contributed by atoms with Gasteiger partial charge in [0.1, 0.15) is 5.75 Å². The Morgan fingerprint density at radius 2 is 2.25 bits per heavy atom. The molecule has 1 aromatic rings. The van der Waals surface area contributed by atoms with E-state index in [2.05, 4.69) is 5.32 Å². The van der Waals surface area contributed by atoms with Gasteiger partial charge in [0, 0.05) is 23.7 Å². The van der Waals surface area contributed by atoms with Gasteiger partial charge in [0.25, 0.3) is 5.69 Å². The van der Waals surface area contributed by atoms with Crippen molar-refractivity contribution in [3.05, 3.63) is 33.9 Å². The van der Waals surface area contributed by atoms with Crippen LogP contribution < -0.4 is 5.32 Å². The summed E-state index contributed by atoms with van der Waals surface area (Å²) in [5.74, 6) is 0.125. The summed E-state index contributed by atoms with van der Waals surface area (Å²) in [6.45, 7) is 0.896. The summed E-state index contributed by atoms with van der Waals surface area (Å²) >= 11 is 0. The van der Waals surface area contributed by atoms with Gasteiger partial charge < -0.3 is 10.4 Å². The van der Waals surface area contributed by atoms with Crippen LogP contribution in [0.1, 0.15) is 24.4 Å². The first kappa shape index (κ1) is 12.7. The molecular weight excluding hydrogens is 232 g/mol. The van der Waals surface area contributed by atoms with Crippen LogP contribution in [0.4, 0.5) is 5.69 Å². The number of halogens is 1. The lowest BCUT2D eigenvalue weighted by Gasteiger charge is -2.11. The van der Waals surface area contributed by atoms with Crippen LogP contribution in [-0.4, -0.2) is 16.6 Å². The normalized spacial score (nSPS) is 19.1. The molecule has 1 fully saturated rings. The first-order valence-corrected chi connectivity index (χ1v) is 4.89. The molecular formula is C10H13ClN2O3. The third kappa shape index (κ3) is 2.43. The predicted octanol–water partition coefficient (Wildman–Crippen LogP) is 2.15. The standard InChI is InChI=1S/C10H12N2O3.ClH/c13-10-4-3-7(12(14)15)6-8(10)9-2-1-5-11-9;/h3-4,6,9,11,13H,1-2,5H2;1H/t9-;/m0./s1. The van der Waals surface area contributed by atoms with Crippen LogP contribution in [0, 0.1) is 10.1 Å². The highest BCUT2D eigenvalue weighted by molar-refractivity contribution is 5.85. The van der Waals surface area contributed by atoms with Crippen molar-refractivity contribution in [2.75, 3.05) is 6.54 Å². The third-order valence-electron chi connectivity index (χ3n) is 2.66. The molecule has 2 rings (SSSR count). The van der Waals surface area contributed by atoms with Crippen LogP contribution in [0.5, 0.6) is 5.75 Å². The minimum absolute atomic E-state index is 0. The highest BCUT2D eigenvalue weighted by Crippen LogP contribution is 2.32. The summed E-state index contributed by atoms with van der Waals surface area (Å²) in [5, 5.41) is 23.4. The molecule has 16 heavy (non-hydrogen) atoms. The van der Waals surface area contributed by atoms with E-state index < -0.39 is 4.92 Å². The summed E-state index contributed by atoms with van der Waals surface area (Å²) < 4.78 is 0. The van der Waals surface area contributed by atoms with Gasteiger partial charge in [-0.15, -0.1) is 12.4 Å². The van der Waals surface area contributed by atoms with Gasteiger partial charge in [-0.1, -0.05) is 0 Å². The van der Waals surface area contributed by atoms with Crippen molar-refractivity contribution in [3.8, 4) is 5.75 Å². The quantitative estimate of drug-likeness (QED) is 0.617. The van der Waals surface area contributed by atoms with E-state index in [9.17, 15) is 15.2 Å². The van der Waals surface area contributed by atoms with Crippen LogP contribution in [0.15, 0.2) is 18.2 Å². The molecule has 6 heteroatoms. The number of benzene rings is 1. The number of non-ortho nitro benzene ring substituents is 1. The number of hydrogen-bond acceptors (Lipinski definition) is 4. The van der Waals surface area contributed by atoms with E-state index >= 15 is 0 Å². The molecule has 88 valence electrons. The van der Waals surface area contributed by atoms with E-state index in [0.717, 1.165) is 19.4 Å². The lowest BCUT2D eigenvalue weighted by atomic mass is 10.0. The zero-order valence-electron chi connectivity index (χ0n) is 8.55. The molecule has 1 aromatic carbocycles. The molecule has 1 aliphatic rings. The molecule has 0 aromatic heterocycles. The fourth-order valence-electron chi connectivity index (χ4n) is 1.88. The van der Waals surface area contributed by atoms with E-state index in [1.807, 2.05) is 0 Å². The van der Waals surface area contributed by atoms with Crippen molar-refractivity contribution in [2.45, 2.75) is 18.9 Å². The third-order valence-corrected chi connectivity index (χ3v) is 2.66. The molecule has 0 unspecified atom stereocenters. The molecule has 1 saturated heterocycles. The van der Waals surface area contributed by atoms with Crippen molar-refractivity contribution >= 4 is 18.1 Å². The number of phenolic OH excluding ortho intramolecular Hbond substituents is 1. The second kappa shape index (κ2) is 5.14. The molecule has 5 nitrogen and oxygen atoms in total. The minimum Gasteiger partial charge on any atom is -0.508 e. The molecule has 1 atom stereocenters. The molecule has 1 heterocycles. The van der Waals surface area contributed by atoms with Crippen molar-refractivity contribution in [1.82, 2.24) is 5.32 Å². The van der Waals surface area contributed by atoms with Crippen LogP contribution in [0.25, 0.3) is 0 Å². The van der Waals surface area contributed by atoms with Crippen molar-refractivity contribution in [1.29, 1.82) is 0 Å². The van der Waals surface area contributed by atoms with Gasteiger partial charge in [0.2, 0.25) is 0 Å². The zero-order valence-corrected chi connectivity index (χ0v) is 9.37. The topological polar surface area (TPSA) is 75.4 Å². The number of nitro groups is 1. The number of rotatable bonds is 2. The summed E-state index contributed by atoms with van der Waals surface area (Å²) in [6.07, 6.45) is 1.95. The first-order chi connectivity index (χ1) is 7.18. The van der Waals surface area contributed by atoms with Gasteiger partial charge in [0.15, 0.2) is 0 Å². The Balaban J connectivity index is 0.00000128. The van der Waals surface area contributed by atoms with Crippen molar-refractivity contribution in [3.63, 3.8) is 0 Å². The van der Waals surface area contributed by atoms with Crippen LogP contribution in [0.2, 0.25) is 0 Å². The molecule has 2 N–H and O–H groups in total. The van der Waals surface area contributed by atoms with E-state index in [1.165, 1.54) is 18.2 Å². The molecule has 1 aliphatic heterocycles. The Morgan fingerprint density at radius 3 is 2.81 bits per heavy atom. The summed E-state index contributed by atoms with van der Waals surface area (Å²) in [4.78, 5) is 10.1. The van der Waals surface area contributed by atoms with Gasteiger partial charge in [-0.05, 0) is 25.5 Å². The van der Waals surface area contributed by atoms with Gasteiger partial charge in [0.05, 0.1) is 4.92 Å². The Bertz CT molecular complexity index is 392. The number of nitrogens with one attached hydrogen (secondary N) is 1. The lowest BCUT2D eigenvalue weighted by molar-refractivity contribution is -0.385. The zero-order chi connectivity index (χ0) is 10.8. The highest BCUT2D eigenvalue weighted by atomic mass is 35.5. The molecule has 0 aliphatic carbocycles. The number of aromatic hydroxyl groups is 1. The molecule has 0 saturated carbocycles. The number of nitro benzene ring substituents is 1. The Kier molecular flexibility index (Phi) is 4.09. The summed E-state index contributed by atoms with van der Waals surface area (Å²) in [7, 11) is 0. The predicted molar refractivity (Wildman–Crippen MR) is 62.0 cm³/mol. The van der Waals surface area contributed by atoms with Crippen LogP contribution >= 0.6 is 12.4 Å². The SMILES string of the molecule is Cl.O=[N+]([O-])c1ccc(O)c([C@@H]2CCCN2)c1. The van der Waals surface area contributed by atoms with E-state index in [-0.39, 0.29) is 29.9 Å². The Labute approximate surface area is 99.0 Å². The second-order valence-corrected chi connectivity index (χ2v) is 3.65. The van der Waals surface area contributed by atoms with Crippen molar-refractivity contribution < 1.29 is 10.0 Å². The minimum atomic E-state index is -0.447. The van der Waals surface area contributed by atoms with Gasteiger partial charge in [-0.25, -0.2) is 0 Å². The fourth-order valence-corrected chi connectivity index (χ4v) is 1.88. The van der Waals surface area contributed by atoms with E-state index in [4.69, 9.17) is 0 Å². The maximum Gasteiger partial charge on any atom is 0.270 e. The smallest absolute Gasteiger partial charge is 0.270 e. The first-order valence-electron chi connectivity index (χ1n) is 4.89. The molecule has 0 radical (unpaired) electrons. The van der Waals surface area contributed by atoms with Gasteiger partial charge in [-0.3, -0.25) is 10.1 Å². The van der Waals surface area contributed by atoms with Gasteiger partial charge in [-0.2, -0.15) is 0 Å². The maximum atomic E-state index is 10.6. The lowest BCUT2D eigenvalue weighted by Crippen LogP contribution is -2.13. The number of hydrogen-bond donors (Lipinski definition) is 2. The largest absolute Gasteiger partial charge is 0.508 e. The monoisotopic (exact) mass is 244 g/mol. The average molecular weight is 245 g/mol. The maximum absolute atomic E-state index is 10.6. The highest BCUT2D eigenvalue weighted by Gasteiger charge is 2.21. The summed E-state index contributed by atoms with van der Waals surface area (Å²) in [5.41, 5.74) is 0.651. The summed E-state index contributed by atoms with van der Waals surface area (Å²) in [6, 6.07) is 4.18.